The van der Waals surface area contributed by atoms with Crippen molar-refractivity contribution in [1.82, 2.24) is 9.88 Å². The van der Waals surface area contributed by atoms with Gasteiger partial charge in [-0.15, -0.1) is 0 Å². The standard InChI is InChI=1S/C13H19BrN2O2/c1-2-18-7-3-6-15-13(17)12-8-10(14)9-16(12)11-4-5-11/h8-9,11H,2-7H2,1H3,(H,15,17). The fourth-order valence-electron chi connectivity index (χ4n) is 1.89. The average molecular weight is 315 g/mol. The topological polar surface area (TPSA) is 43.3 Å². The number of hydrogen-bond donors (Lipinski definition) is 1. The van der Waals surface area contributed by atoms with Crippen LogP contribution in [0.15, 0.2) is 16.7 Å². The SMILES string of the molecule is CCOCCCNC(=O)c1cc(Br)cn1C1CC1. The highest BCUT2D eigenvalue weighted by atomic mass is 79.9. The highest BCUT2D eigenvalue weighted by Gasteiger charge is 2.27. The molecular weight excluding hydrogens is 296 g/mol. The highest BCUT2D eigenvalue weighted by Crippen LogP contribution is 2.37. The first kappa shape index (κ1) is 13.6. The Bertz CT molecular complexity index is 413. The quantitative estimate of drug-likeness (QED) is 0.786. The molecule has 1 aromatic heterocycles. The van der Waals surface area contributed by atoms with Crippen LogP contribution in [0.5, 0.6) is 0 Å². The van der Waals surface area contributed by atoms with E-state index in [2.05, 4.69) is 25.8 Å². The Kier molecular flexibility index (Phi) is 4.83. The van der Waals surface area contributed by atoms with Gasteiger partial charge in [0, 0.05) is 36.5 Å². The second-order valence-electron chi connectivity index (χ2n) is 4.49. The van der Waals surface area contributed by atoms with Crippen molar-refractivity contribution in [3.05, 3.63) is 22.4 Å². The van der Waals surface area contributed by atoms with Crippen LogP contribution < -0.4 is 5.32 Å². The highest BCUT2D eigenvalue weighted by molar-refractivity contribution is 9.10. The maximum Gasteiger partial charge on any atom is 0.267 e. The van der Waals surface area contributed by atoms with Gasteiger partial charge >= 0.3 is 0 Å². The van der Waals surface area contributed by atoms with Crippen LogP contribution in [0.4, 0.5) is 0 Å². The van der Waals surface area contributed by atoms with Crippen LogP contribution in [-0.4, -0.2) is 30.2 Å². The number of nitrogens with zero attached hydrogens (tertiary/aromatic N) is 1. The van der Waals surface area contributed by atoms with Gasteiger partial charge in [-0.05, 0) is 48.2 Å². The molecule has 0 atom stereocenters. The van der Waals surface area contributed by atoms with E-state index in [9.17, 15) is 4.79 Å². The summed E-state index contributed by atoms with van der Waals surface area (Å²) in [5.74, 6) is 0.00379. The normalized spacial score (nSPS) is 14.8. The second kappa shape index (κ2) is 6.38. The zero-order chi connectivity index (χ0) is 13.0. The van der Waals surface area contributed by atoms with E-state index in [0.29, 0.717) is 19.2 Å². The third-order valence-electron chi connectivity index (χ3n) is 2.94. The second-order valence-corrected chi connectivity index (χ2v) is 5.40. The number of halogens is 1. The van der Waals surface area contributed by atoms with Crippen LogP contribution in [0.2, 0.25) is 0 Å². The number of carbonyl (C=O) groups is 1. The molecule has 1 amide bonds. The summed E-state index contributed by atoms with van der Waals surface area (Å²) in [6.07, 6.45) is 5.19. The minimum atomic E-state index is 0.00379. The summed E-state index contributed by atoms with van der Waals surface area (Å²) < 4.78 is 8.27. The lowest BCUT2D eigenvalue weighted by Crippen LogP contribution is -2.27. The maximum absolute atomic E-state index is 12.1. The molecule has 5 heteroatoms. The molecule has 4 nitrogen and oxygen atoms in total. The fraction of sp³-hybridized carbons (Fsp3) is 0.615. The first-order valence-corrected chi connectivity index (χ1v) is 7.25. The number of ether oxygens (including phenoxy) is 1. The van der Waals surface area contributed by atoms with Crippen LogP contribution in [-0.2, 0) is 4.74 Å². The lowest BCUT2D eigenvalue weighted by Gasteiger charge is -2.08. The Hall–Kier alpha value is -0.810. The van der Waals surface area contributed by atoms with Crippen LogP contribution >= 0.6 is 15.9 Å². The van der Waals surface area contributed by atoms with Gasteiger partial charge in [0.1, 0.15) is 5.69 Å². The Morgan fingerprint density at radius 2 is 2.39 bits per heavy atom. The Morgan fingerprint density at radius 3 is 3.06 bits per heavy atom. The number of rotatable bonds is 7. The molecule has 0 unspecified atom stereocenters. The van der Waals surface area contributed by atoms with Gasteiger partial charge in [0.2, 0.25) is 0 Å². The van der Waals surface area contributed by atoms with E-state index < -0.39 is 0 Å². The van der Waals surface area contributed by atoms with Crippen LogP contribution in [0.25, 0.3) is 0 Å². The minimum Gasteiger partial charge on any atom is -0.382 e. The van der Waals surface area contributed by atoms with Gasteiger partial charge in [0.05, 0.1) is 0 Å². The molecule has 0 bridgehead atoms. The Morgan fingerprint density at radius 1 is 1.61 bits per heavy atom. The summed E-state index contributed by atoms with van der Waals surface area (Å²) in [7, 11) is 0. The van der Waals surface area contributed by atoms with Gasteiger partial charge < -0.3 is 14.6 Å². The zero-order valence-electron chi connectivity index (χ0n) is 10.6. The van der Waals surface area contributed by atoms with Gasteiger partial charge in [-0.1, -0.05) is 0 Å². The first-order chi connectivity index (χ1) is 8.72. The number of carbonyl (C=O) groups excluding carboxylic acids is 1. The lowest BCUT2D eigenvalue weighted by molar-refractivity contribution is 0.0935. The summed E-state index contributed by atoms with van der Waals surface area (Å²) in [5.41, 5.74) is 0.751. The number of nitrogens with one attached hydrogen (secondary N) is 1. The van der Waals surface area contributed by atoms with Gasteiger partial charge in [-0.2, -0.15) is 0 Å². The molecule has 0 radical (unpaired) electrons. The molecule has 1 aromatic rings. The monoisotopic (exact) mass is 314 g/mol. The van der Waals surface area contributed by atoms with E-state index in [0.717, 1.165) is 23.2 Å². The molecule has 0 spiro atoms. The largest absolute Gasteiger partial charge is 0.382 e. The average Bonchev–Trinajstić information content (AvgIpc) is 3.12. The van der Waals surface area contributed by atoms with Crippen molar-refractivity contribution >= 4 is 21.8 Å². The minimum absolute atomic E-state index is 0.00379. The molecular formula is C13H19BrN2O2. The smallest absolute Gasteiger partial charge is 0.267 e. The van der Waals surface area contributed by atoms with Crippen LogP contribution in [0.3, 0.4) is 0 Å². The van der Waals surface area contributed by atoms with E-state index in [1.54, 1.807) is 0 Å². The summed E-state index contributed by atoms with van der Waals surface area (Å²) >= 11 is 3.43. The van der Waals surface area contributed by atoms with Crippen molar-refractivity contribution in [3.8, 4) is 0 Å². The molecule has 0 aliphatic heterocycles. The molecule has 0 aromatic carbocycles. The van der Waals surface area contributed by atoms with Gasteiger partial charge in [-0.25, -0.2) is 0 Å². The molecule has 0 saturated heterocycles. The van der Waals surface area contributed by atoms with Crippen LogP contribution in [0, 0.1) is 0 Å². The predicted molar refractivity (Wildman–Crippen MR) is 73.8 cm³/mol. The maximum atomic E-state index is 12.1. The third-order valence-corrected chi connectivity index (χ3v) is 3.38. The molecule has 1 heterocycles. The first-order valence-electron chi connectivity index (χ1n) is 6.45. The molecule has 1 fully saturated rings. The molecule has 18 heavy (non-hydrogen) atoms. The number of aromatic nitrogens is 1. The number of hydrogen-bond acceptors (Lipinski definition) is 2. The fourth-order valence-corrected chi connectivity index (χ4v) is 2.33. The van der Waals surface area contributed by atoms with E-state index >= 15 is 0 Å². The van der Waals surface area contributed by atoms with E-state index in [4.69, 9.17) is 4.74 Å². The lowest BCUT2D eigenvalue weighted by atomic mass is 10.3. The van der Waals surface area contributed by atoms with E-state index in [1.165, 1.54) is 12.8 Å². The summed E-state index contributed by atoms with van der Waals surface area (Å²) in [4.78, 5) is 12.1. The molecule has 1 saturated carbocycles. The molecule has 1 N–H and O–H groups in total. The van der Waals surface area contributed by atoms with Crippen molar-refractivity contribution in [2.75, 3.05) is 19.8 Å². The van der Waals surface area contributed by atoms with Gasteiger partial charge in [-0.3, -0.25) is 4.79 Å². The molecule has 2 rings (SSSR count). The van der Waals surface area contributed by atoms with Gasteiger partial charge in [0.25, 0.3) is 5.91 Å². The molecule has 100 valence electrons. The van der Waals surface area contributed by atoms with E-state index in [-0.39, 0.29) is 5.91 Å². The third kappa shape index (κ3) is 3.59. The van der Waals surface area contributed by atoms with E-state index in [1.807, 2.05) is 19.2 Å². The number of amides is 1. The van der Waals surface area contributed by atoms with Crippen molar-refractivity contribution in [1.29, 1.82) is 0 Å². The summed E-state index contributed by atoms with van der Waals surface area (Å²) in [6.45, 7) is 4.06. The summed E-state index contributed by atoms with van der Waals surface area (Å²) in [6, 6.07) is 2.40. The van der Waals surface area contributed by atoms with Crippen molar-refractivity contribution < 1.29 is 9.53 Å². The summed E-state index contributed by atoms with van der Waals surface area (Å²) in [5, 5.41) is 2.93. The Labute approximate surface area is 116 Å². The van der Waals surface area contributed by atoms with Crippen LogP contribution in [0.1, 0.15) is 42.7 Å². The van der Waals surface area contributed by atoms with Crippen molar-refractivity contribution in [3.63, 3.8) is 0 Å². The van der Waals surface area contributed by atoms with Crippen molar-refractivity contribution in [2.45, 2.75) is 32.2 Å². The predicted octanol–water partition coefficient (Wildman–Crippen LogP) is 2.74. The zero-order valence-corrected chi connectivity index (χ0v) is 12.2. The molecule has 1 aliphatic carbocycles. The molecule has 1 aliphatic rings. The Balaban J connectivity index is 1.84. The van der Waals surface area contributed by atoms with Gasteiger partial charge in [0.15, 0.2) is 0 Å². The van der Waals surface area contributed by atoms with Crippen molar-refractivity contribution in [2.24, 2.45) is 0 Å².